The number of aromatic nitrogens is 3. The van der Waals surface area contributed by atoms with Crippen LogP contribution in [0.4, 0.5) is 23.4 Å². The summed E-state index contributed by atoms with van der Waals surface area (Å²) < 4.78 is 66.3. The highest BCUT2D eigenvalue weighted by Gasteiger charge is 2.35. The van der Waals surface area contributed by atoms with Crippen LogP contribution >= 0.6 is 0 Å². The summed E-state index contributed by atoms with van der Waals surface area (Å²) in [7, 11) is 0. The molecule has 0 spiro atoms. The van der Waals surface area contributed by atoms with Gasteiger partial charge >= 0.3 is 6.18 Å². The fraction of sp³-hybridized carbons (Fsp3) is 0.280. The van der Waals surface area contributed by atoms with Crippen LogP contribution in [0.15, 0.2) is 54.9 Å². The van der Waals surface area contributed by atoms with Crippen molar-refractivity contribution in [3.63, 3.8) is 0 Å². The highest BCUT2D eigenvalue weighted by Crippen LogP contribution is 2.38. The van der Waals surface area contributed by atoms with Gasteiger partial charge in [-0.25, -0.2) is 14.4 Å². The number of ether oxygens (including phenoxy) is 2. The predicted octanol–water partition coefficient (Wildman–Crippen LogP) is 5.18. The maximum Gasteiger partial charge on any atom is 0.419 e. The van der Waals surface area contributed by atoms with E-state index in [0.29, 0.717) is 35.9 Å². The van der Waals surface area contributed by atoms with Gasteiger partial charge in [0.05, 0.1) is 24.9 Å². The average molecular weight is 502 g/mol. The van der Waals surface area contributed by atoms with Gasteiger partial charge in [-0.15, -0.1) is 0 Å². The minimum Gasteiger partial charge on any atom is -0.454 e. The molecule has 0 bridgehead atoms. The Kier molecular flexibility index (Phi) is 6.27. The van der Waals surface area contributed by atoms with E-state index in [1.165, 1.54) is 12.1 Å². The minimum atomic E-state index is -4.83. The molecule has 188 valence electrons. The van der Waals surface area contributed by atoms with Gasteiger partial charge in [0, 0.05) is 23.9 Å². The zero-order valence-corrected chi connectivity index (χ0v) is 18.9. The number of aliphatic hydroxyl groups excluding tert-OH is 1. The molecule has 0 amide bonds. The zero-order valence-electron chi connectivity index (χ0n) is 18.9. The third-order valence-corrected chi connectivity index (χ3v) is 6.17. The number of hydrogen-bond acceptors (Lipinski definition) is 6. The van der Waals surface area contributed by atoms with E-state index in [-0.39, 0.29) is 30.2 Å². The van der Waals surface area contributed by atoms with Gasteiger partial charge in [0.2, 0.25) is 0 Å². The number of alkyl halides is 3. The number of aliphatic hydroxyl groups is 1. The molecule has 1 saturated heterocycles. The van der Waals surface area contributed by atoms with E-state index >= 15 is 0 Å². The van der Waals surface area contributed by atoms with Crippen LogP contribution in [0.25, 0.3) is 16.8 Å². The lowest BCUT2D eigenvalue weighted by Crippen LogP contribution is -2.28. The average Bonchev–Trinajstić information content (AvgIpc) is 3.26. The van der Waals surface area contributed by atoms with Crippen molar-refractivity contribution < 1.29 is 32.1 Å². The summed E-state index contributed by atoms with van der Waals surface area (Å²) >= 11 is 0. The van der Waals surface area contributed by atoms with E-state index in [1.807, 2.05) is 4.40 Å². The molecule has 2 aromatic carbocycles. The van der Waals surface area contributed by atoms with Gasteiger partial charge in [-0.1, -0.05) is 6.07 Å². The van der Waals surface area contributed by atoms with Crippen LogP contribution in [-0.4, -0.2) is 38.8 Å². The SMILES string of the molecule is Nc1nccn2c(C3CCC(CO)OC3)nc(-c3ccc(Oc4cccc(C(F)(F)F)c4F)cc3)c12. The number of hydrogen-bond donors (Lipinski definition) is 2. The third kappa shape index (κ3) is 4.47. The molecule has 36 heavy (non-hydrogen) atoms. The first-order valence-electron chi connectivity index (χ1n) is 11.2. The van der Waals surface area contributed by atoms with E-state index < -0.39 is 23.3 Å². The molecule has 1 fully saturated rings. The Hall–Kier alpha value is -3.70. The Morgan fingerprint density at radius 3 is 2.58 bits per heavy atom. The Morgan fingerprint density at radius 2 is 1.92 bits per heavy atom. The van der Waals surface area contributed by atoms with E-state index in [9.17, 15) is 22.7 Å². The number of nitrogen functional groups attached to an aromatic ring is 1. The van der Waals surface area contributed by atoms with Crippen molar-refractivity contribution >= 4 is 11.3 Å². The molecule has 0 radical (unpaired) electrons. The van der Waals surface area contributed by atoms with Crippen LogP contribution in [-0.2, 0) is 10.9 Å². The summed E-state index contributed by atoms with van der Waals surface area (Å²) in [5, 5.41) is 9.34. The van der Waals surface area contributed by atoms with E-state index in [4.69, 9.17) is 20.2 Å². The second kappa shape index (κ2) is 9.40. The Labute approximate surface area is 203 Å². The molecule has 1 aliphatic rings. The molecule has 2 aromatic heterocycles. The minimum absolute atomic E-state index is 0.0117. The number of rotatable bonds is 5. The van der Waals surface area contributed by atoms with E-state index in [1.54, 1.807) is 24.5 Å². The van der Waals surface area contributed by atoms with Crippen molar-refractivity contribution in [3.05, 3.63) is 72.1 Å². The fourth-order valence-corrected chi connectivity index (χ4v) is 4.35. The number of anilines is 1. The number of benzene rings is 2. The molecule has 2 unspecified atom stereocenters. The molecule has 0 aliphatic carbocycles. The van der Waals surface area contributed by atoms with Crippen molar-refractivity contribution in [2.45, 2.75) is 31.0 Å². The summed E-state index contributed by atoms with van der Waals surface area (Å²) in [6.45, 7) is 0.372. The molecule has 3 heterocycles. The quantitative estimate of drug-likeness (QED) is 0.365. The number of fused-ring (bicyclic) bond motifs is 1. The molecule has 4 aromatic rings. The van der Waals surface area contributed by atoms with Crippen molar-refractivity contribution in [2.75, 3.05) is 18.9 Å². The van der Waals surface area contributed by atoms with Gasteiger partial charge < -0.3 is 20.3 Å². The molecule has 3 N–H and O–H groups in total. The monoisotopic (exact) mass is 502 g/mol. The topological polar surface area (TPSA) is 94.9 Å². The summed E-state index contributed by atoms with van der Waals surface area (Å²) in [5.41, 5.74) is 6.63. The second-order valence-electron chi connectivity index (χ2n) is 8.50. The van der Waals surface area contributed by atoms with Crippen molar-refractivity contribution in [3.8, 4) is 22.8 Å². The van der Waals surface area contributed by atoms with Gasteiger partial charge in [-0.3, -0.25) is 4.40 Å². The summed E-state index contributed by atoms with van der Waals surface area (Å²) in [4.78, 5) is 9.02. The van der Waals surface area contributed by atoms with Gasteiger partial charge in [0.25, 0.3) is 0 Å². The highest BCUT2D eigenvalue weighted by molar-refractivity contribution is 5.85. The van der Waals surface area contributed by atoms with Crippen LogP contribution < -0.4 is 10.5 Å². The van der Waals surface area contributed by atoms with E-state index in [0.717, 1.165) is 24.4 Å². The summed E-state index contributed by atoms with van der Waals surface area (Å²) in [6.07, 6.45) is -0.191. The summed E-state index contributed by atoms with van der Waals surface area (Å²) in [5.74, 6) is -0.834. The van der Waals surface area contributed by atoms with Crippen LogP contribution in [0.3, 0.4) is 0 Å². The van der Waals surface area contributed by atoms with Crippen LogP contribution in [0.5, 0.6) is 11.5 Å². The van der Waals surface area contributed by atoms with Crippen LogP contribution in [0.1, 0.15) is 30.1 Å². The first-order chi connectivity index (χ1) is 17.3. The third-order valence-electron chi connectivity index (χ3n) is 6.17. The highest BCUT2D eigenvalue weighted by atomic mass is 19.4. The zero-order chi connectivity index (χ0) is 25.4. The summed E-state index contributed by atoms with van der Waals surface area (Å²) in [6, 6.07) is 9.24. The van der Waals surface area contributed by atoms with Crippen LogP contribution in [0, 0.1) is 5.82 Å². The second-order valence-corrected chi connectivity index (χ2v) is 8.50. The maximum absolute atomic E-state index is 14.3. The van der Waals surface area contributed by atoms with Crippen molar-refractivity contribution in [1.29, 1.82) is 0 Å². The van der Waals surface area contributed by atoms with Gasteiger partial charge in [-0.05, 0) is 49.2 Å². The molecule has 0 saturated carbocycles. The Balaban J connectivity index is 1.46. The molecule has 5 rings (SSSR count). The van der Waals surface area contributed by atoms with Crippen LogP contribution in [0.2, 0.25) is 0 Å². The van der Waals surface area contributed by atoms with Gasteiger partial charge in [-0.2, -0.15) is 13.2 Å². The lowest BCUT2D eigenvalue weighted by atomic mass is 9.98. The lowest BCUT2D eigenvalue weighted by Gasteiger charge is -2.27. The standard InChI is InChI=1S/C25H22F4N4O3/c26-20-18(25(27,28)29)2-1-3-19(20)36-16-7-4-14(5-8-16)21-22-23(30)31-10-11-33(22)24(32-21)15-6-9-17(12-34)35-13-15/h1-5,7-8,10-11,15,17,34H,6,9,12-13H2,(H2,30,31). The first-order valence-corrected chi connectivity index (χ1v) is 11.2. The number of nitrogens with two attached hydrogens (primary N) is 1. The smallest absolute Gasteiger partial charge is 0.419 e. The Bertz CT molecular complexity index is 1380. The number of nitrogens with zero attached hydrogens (tertiary/aromatic N) is 3. The predicted molar refractivity (Wildman–Crippen MR) is 123 cm³/mol. The first kappa shape index (κ1) is 24.0. The normalized spacial score (nSPS) is 18.5. The van der Waals surface area contributed by atoms with Crippen molar-refractivity contribution in [2.24, 2.45) is 0 Å². The fourth-order valence-electron chi connectivity index (χ4n) is 4.35. The molecule has 2 atom stereocenters. The molecule has 11 heteroatoms. The molecule has 1 aliphatic heterocycles. The van der Waals surface area contributed by atoms with E-state index in [2.05, 4.69) is 4.98 Å². The van der Waals surface area contributed by atoms with Gasteiger partial charge in [0.1, 0.15) is 28.6 Å². The molecular weight excluding hydrogens is 480 g/mol. The molecule has 7 nitrogen and oxygen atoms in total. The van der Waals surface area contributed by atoms with Gasteiger partial charge in [0.15, 0.2) is 11.6 Å². The Morgan fingerprint density at radius 1 is 1.14 bits per heavy atom. The number of imidazole rings is 1. The lowest BCUT2D eigenvalue weighted by molar-refractivity contribution is -0.140. The maximum atomic E-state index is 14.3. The van der Waals surface area contributed by atoms with Crippen molar-refractivity contribution in [1.82, 2.24) is 14.4 Å². The largest absolute Gasteiger partial charge is 0.454 e. The number of halogens is 4. The molecular formula is C25H22F4N4O3.